The fraction of sp³-hybridized carbons (Fsp3) is 0.462. The Morgan fingerprint density at radius 2 is 2.06 bits per heavy atom. The van der Waals surface area contributed by atoms with E-state index in [0.717, 1.165) is 5.69 Å². The molecule has 1 aromatic carbocycles. The van der Waals surface area contributed by atoms with Gasteiger partial charge in [-0.15, -0.1) is 0 Å². The van der Waals surface area contributed by atoms with Crippen LogP contribution in [-0.2, 0) is 0 Å². The highest BCUT2D eigenvalue weighted by atomic mass is 35.5. The molecule has 92 valence electrons. The highest BCUT2D eigenvalue weighted by Crippen LogP contribution is 2.24. The fourth-order valence-corrected chi connectivity index (χ4v) is 1.74. The van der Waals surface area contributed by atoms with Gasteiger partial charge in [-0.1, -0.05) is 25.4 Å². The van der Waals surface area contributed by atoms with Crippen LogP contribution in [0.15, 0.2) is 18.2 Å². The first-order chi connectivity index (χ1) is 8.04. The summed E-state index contributed by atoms with van der Waals surface area (Å²) in [5.74, 6) is 0. The van der Waals surface area contributed by atoms with Crippen LogP contribution in [0.2, 0.25) is 5.02 Å². The summed E-state index contributed by atoms with van der Waals surface area (Å²) in [5, 5.41) is 22.5. The Kier molecular flexibility index (Phi) is 4.80. The molecule has 2 N–H and O–H groups in total. The topological polar surface area (TPSA) is 56.0 Å². The molecule has 0 aliphatic rings. The van der Waals surface area contributed by atoms with Gasteiger partial charge in [-0.25, -0.2) is 0 Å². The molecular weight excluding hydrogens is 236 g/mol. The van der Waals surface area contributed by atoms with Crippen molar-refractivity contribution in [2.75, 3.05) is 11.9 Å². The monoisotopic (exact) mass is 252 g/mol. The lowest BCUT2D eigenvalue weighted by atomic mass is 9.97. The first kappa shape index (κ1) is 13.8. The van der Waals surface area contributed by atoms with Gasteiger partial charge in [0, 0.05) is 6.54 Å². The van der Waals surface area contributed by atoms with E-state index in [9.17, 15) is 5.11 Å². The molecule has 0 amide bonds. The molecule has 0 heterocycles. The van der Waals surface area contributed by atoms with Gasteiger partial charge in [-0.2, -0.15) is 5.26 Å². The van der Waals surface area contributed by atoms with Crippen LogP contribution in [-0.4, -0.2) is 17.3 Å². The molecule has 1 rings (SSSR count). The Morgan fingerprint density at radius 3 is 2.53 bits per heavy atom. The van der Waals surface area contributed by atoms with Crippen molar-refractivity contribution in [3.63, 3.8) is 0 Å². The summed E-state index contributed by atoms with van der Waals surface area (Å²) >= 11 is 6.03. The largest absolute Gasteiger partial charge is 0.388 e. The van der Waals surface area contributed by atoms with Crippen molar-refractivity contribution in [3.8, 4) is 6.07 Å². The maximum Gasteiger partial charge on any atom is 0.0992 e. The number of nitriles is 1. The van der Waals surface area contributed by atoms with Crippen molar-refractivity contribution in [1.82, 2.24) is 0 Å². The Balaban J connectivity index is 2.74. The van der Waals surface area contributed by atoms with Gasteiger partial charge < -0.3 is 10.4 Å². The zero-order valence-corrected chi connectivity index (χ0v) is 10.9. The maximum atomic E-state index is 10.1. The molecule has 17 heavy (non-hydrogen) atoms. The Morgan fingerprint density at radius 1 is 1.41 bits per heavy atom. The number of nitrogens with one attached hydrogen (secondary N) is 1. The molecular formula is C13H17ClN2O. The number of aliphatic hydroxyl groups is 1. The fourth-order valence-electron chi connectivity index (χ4n) is 1.49. The van der Waals surface area contributed by atoms with Gasteiger partial charge in [0.1, 0.15) is 0 Å². The number of halogens is 1. The van der Waals surface area contributed by atoms with E-state index in [2.05, 4.69) is 5.32 Å². The minimum atomic E-state index is -0.711. The highest BCUT2D eigenvalue weighted by Gasteiger charge is 2.21. The van der Waals surface area contributed by atoms with Crippen LogP contribution in [0.1, 0.15) is 32.3 Å². The summed E-state index contributed by atoms with van der Waals surface area (Å²) in [5.41, 5.74) is 0.560. The van der Waals surface area contributed by atoms with Crippen molar-refractivity contribution in [2.24, 2.45) is 0 Å². The second kappa shape index (κ2) is 5.90. The van der Waals surface area contributed by atoms with Crippen LogP contribution in [0, 0.1) is 11.3 Å². The van der Waals surface area contributed by atoms with Crippen LogP contribution < -0.4 is 5.32 Å². The molecule has 0 aliphatic carbocycles. The summed E-state index contributed by atoms with van der Waals surface area (Å²) in [6, 6.07) is 7.10. The van der Waals surface area contributed by atoms with E-state index in [4.69, 9.17) is 16.9 Å². The molecule has 0 atom stereocenters. The molecule has 1 aromatic rings. The summed E-state index contributed by atoms with van der Waals surface area (Å²) < 4.78 is 0. The van der Waals surface area contributed by atoms with Gasteiger partial charge in [-0.05, 0) is 31.0 Å². The number of anilines is 1. The second-order valence-corrected chi connectivity index (χ2v) is 4.50. The molecule has 0 fully saturated rings. The van der Waals surface area contributed by atoms with Crippen molar-refractivity contribution < 1.29 is 5.11 Å². The quantitative estimate of drug-likeness (QED) is 0.846. The molecule has 0 radical (unpaired) electrons. The third kappa shape index (κ3) is 3.62. The summed E-state index contributed by atoms with van der Waals surface area (Å²) in [6.45, 7) is 4.35. The lowest BCUT2D eigenvalue weighted by Gasteiger charge is -2.26. The van der Waals surface area contributed by atoms with Crippen LogP contribution in [0.4, 0.5) is 5.69 Å². The molecule has 4 heteroatoms. The van der Waals surface area contributed by atoms with E-state index in [1.165, 1.54) is 0 Å². The van der Waals surface area contributed by atoms with E-state index in [0.29, 0.717) is 30.0 Å². The van der Waals surface area contributed by atoms with E-state index < -0.39 is 5.60 Å². The van der Waals surface area contributed by atoms with Gasteiger partial charge in [-0.3, -0.25) is 0 Å². The second-order valence-electron chi connectivity index (χ2n) is 4.09. The third-order valence-electron chi connectivity index (χ3n) is 3.02. The van der Waals surface area contributed by atoms with Gasteiger partial charge in [0.2, 0.25) is 0 Å². The van der Waals surface area contributed by atoms with Gasteiger partial charge in [0.15, 0.2) is 0 Å². The molecule has 0 spiro atoms. The lowest BCUT2D eigenvalue weighted by Crippen LogP contribution is -2.35. The van der Waals surface area contributed by atoms with Crippen molar-refractivity contribution in [1.29, 1.82) is 5.26 Å². The summed E-state index contributed by atoms with van der Waals surface area (Å²) in [6.07, 6.45) is 1.37. The predicted molar refractivity (Wildman–Crippen MR) is 70.2 cm³/mol. The number of benzene rings is 1. The summed E-state index contributed by atoms with van der Waals surface area (Å²) in [4.78, 5) is 0. The van der Waals surface area contributed by atoms with E-state index in [1.54, 1.807) is 18.2 Å². The Bertz CT molecular complexity index is 422. The molecule has 0 saturated carbocycles. The molecule has 0 unspecified atom stereocenters. The number of nitrogens with zero attached hydrogens (tertiary/aromatic N) is 1. The lowest BCUT2D eigenvalue weighted by molar-refractivity contribution is 0.0457. The Hall–Kier alpha value is -1.24. The zero-order chi connectivity index (χ0) is 12.9. The zero-order valence-electron chi connectivity index (χ0n) is 10.1. The number of rotatable bonds is 5. The molecule has 0 aromatic heterocycles. The van der Waals surface area contributed by atoms with Gasteiger partial charge >= 0.3 is 0 Å². The maximum absolute atomic E-state index is 10.1. The Labute approximate surface area is 107 Å². The third-order valence-corrected chi connectivity index (χ3v) is 3.34. The van der Waals surface area contributed by atoms with E-state index in [1.807, 2.05) is 19.9 Å². The summed E-state index contributed by atoms with van der Waals surface area (Å²) in [7, 11) is 0. The van der Waals surface area contributed by atoms with Crippen LogP contribution in [0.3, 0.4) is 0 Å². The highest BCUT2D eigenvalue weighted by molar-refractivity contribution is 6.33. The van der Waals surface area contributed by atoms with Crippen molar-refractivity contribution >= 4 is 17.3 Å². The SMILES string of the molecule is CCC(O)(CC)CNc1ccc(C#N)cc1Cl. The minimum absolute atomic E-state index is 0.450. The van der Waals surface area contributed by atoms with Crippen molar-refractivity contribution in [3.05, 3.63) is 28.8 Å². The minimum Gasteiger partial charge on any atom is -0.388 e. The van der Waals surface area contributed by atoms with Crippen molar-refractivity contribution in [2.45, 2.75) is 32.3 Å². The smallest absolute Gasteiger partial charge is 0.0992 e. The molecule has 3 nitrogen and oxygen atoms in total. The molecule has 0 aliphatic heterocycles. The normalized spacial score (nSPS) is 11.0. The average molecular weight is 253 g/mol. The first-order valence-electron chi connectivity index (χ1n) is 5.70. The predicted octanol–water partition coefficient (Wildman–Crippen LogP) is 3.17. The first-order valence-corrected chi connectivity index (χ1v) is 6.08. The van der Waals surface area contributed by atoms with Crippen LogP contribution in [0.25, 0.3) is 0 Å². The van der Waals surface area contributed by atoms with Gasteiger partial charge in [0.05, 0.1) is 27.9 Å². The van der Waals surface area contributed by atoms with E-state index >= 15 is 0 Å². The molecule has 0 bridgehead atoms. The number of hydrogen-bond acceptors (Lipinski definition) is 3. The molecule has 0 saturated heterocycles. The van der Waals surface area contributed by atoms with Crippen LogP contribution in [0.5, 0.6) is 0 Å². The van der Waals surface area contributed by atoms with Crippen LogP contribution >= 0.6 is 11.6 Å². The average Bonchev–Trinajstić information content (AvgIpc) is 2.36. The van der Waals surface area contributed by atoms with Gasteiger partial charge in [0.25, 0.3) is 0 Å². The number of hydrogen-bond donors (Lipinski definition) is 2. The van der Waals surface area contributed by atoms with E-state index in [-0.39, 0.29) is 0 Å². The standard InChI is InChI=1S/C13H17ClN2O/c1-3-13(17,4-2)9-16-12-6-5-10(8-15)7-11(12)14/h5-7,16-17H,3-4,9H2,1-2H3.